The summed E-state index contributed by atoms with van der Waals surface area (Å²) in [6.07, 6.45) is 7.95. The van der Waals surface area contributed by atoms with Crippen LogP contribution in [0.25, 0.3) is 0 Å². The predicted octanol–water partition coefficient (Wildman–Crippen LogP) is 3.18. The van der Waals surface area contributed by atoms with Crippen molar-refractivity contribution < 1.29 is 0 Å². The molecule has 1 saturated carbocycles. The highest BCUT2D eigenvalue weighted by molar-refractivity contribution is 8.14. The van der Waals surface area contributed by atoms with E-state index in [0.717, 1.165) is 0 Å². The molecule has 0 radical (unpaired) electrons. The Hall–Kier alpha value is -0.180. The van der Waals surface area contributed by atoms with E-state index in [1.165, 1.54) is 49.4 Å². The predicted molar refractivity (Wildman–Crippen MR) is 68.6 cm³/mol. The quantitative estimate of drug-likeness (QED) is 0.782. The second-order valence-corrected chi connectivity index (χ2v) is 6.06. The lowest BCUT2D eigenvalue weighted by molar-refractivity contribution is 0.292. The summed E-state index contributed by atoms with van der Waals surface area (Å²) >= 11 is 1.91. The van der Waals surface area contributed by atoms with Crippen LogP contribution in [0.5, 0.6) is 0 Å². The molecule has 2 aliphatic rings. The van der Waals surface area contributed by atoms with Crippen molar-refractivity contribution in [2.75, 3.05) is 5.75 Å². The molecule has 0 aromatic rings. The summed E-state index contributed by atoms with van der Waals surface area (Å²) in [4.78, 5) is 4.71. The van der Waals surface area contributed by atoms with Gasteiger partial charge in [0.05, 0.1) is 6.04 Å². The monoisotopic (exact) mass is 226 g/mol. The van der Waals surface area contributed by atoms with E-state index in [0.29, 0.717) is 11.6 Å². The number of thioether (sulfide) groups is 1. The minimum Gasteiger partial charge on any atom is -0.360 e. The first kappa shape index (κ1) is 11.3. The van der Waals surface area contributed by atoms with Crippen LogP contribution in [-0.2, 0) is 0 Å². The molecule has 2 rings (SSSR count). The maximum Gasteiger partial charge on any atom is 0.157 e. The number of amidine groups is 1. The van der Waals surface area contributed by atoms with Gasteiger partial charge in [0.15, 0.2) is 5.17 Å². The van der Waals surface area contributed by atoms with Gasteiger partial charge in [0.2, 0.25) is 0 Å². The van der Waals surface area contributed by atoms with Gasteiger partial charge >= 0.3 is 0 Å². The maximum atomic E-state index is 4.71. The summed E-state index contributed by atoms with van der Waals surface area (Å²) in [7, 11) is 0. The molecule has 1 fully saturated rings. The van der Waals surface area contributed by atoms with Gasteiger partial charge in [-0.15, -0.1) is 0 Å². The minimum atomic E-state index is 0.326. The van der Waals surface area contributed by atoms with Crippen LogP contribution in [0.3, 0.4) is 0 Å². The van der Waals surface area contributed by atoms with E-state index in [4.69, 9.17) is 4.99 Å². The van der Waals surface area contributed by atoms with Crippen molar-refractivity contribution in [2.45, 2.75) is 64.0 Å². The Morgan fingerprint density at radius 2 is 2.13 bits per heavy atom. The molecule has 1 heterocycles. The lowest BCUT2D eigenvalue weighted by atomic mass is 9.83. The van der Waals surface area contributed by atoms with Crippen LogP contribution in [0.1, 0.15) is 52.4 Å². The summed E-state index contributed by atoms with van der Waals surface area (Å²) < 4.78 is 0. The first-order chi connectivity index (χ1) is 7.22. The van der Waals surface area contributed by atoms with Crippen LogP contribution >= 0.6 is 11.8 Å². The lowest BCUT2D eigenvalue weighted by Gasteiger charge is -2.35. The normalized spacial score (nSPS) is 30.0. The fourth-order valence-corrected chi connectivity index (χ4v) is 3.61. The third-order valence-corrected chi connectivity index (χ3v) is 4.58. The second kappa shape index (κ2) is 4.77. The molecule has 1 unspecified atom stereocenters. The van der Waals surface area contributed by atoms with Crippen LogP contribution in [0.2, 0.25) is 0 Å². The van der Waals surface area contributed by atoms with Gasteiger partial charge < -0.3 is 5.32 Å². The standard InChI is InChI=1S/C12H22N2S/c1-3-10-9-15-11(13-10)14-12(2)7-5-4-6-8-12/h10H,3-9H2,1-2H3,(H,13,14). The van der Waals surface area contributed by atoms with Gasteiger partial charge in [-0.05, 0) is 26.2 Å². The van der Waals surface area contributed by atoms with Gasteiger partial charge in [-0.1, -0.05) is 37.9 Å². The Balaban J connectivity index is 1.90. The van der Waals surface area contributed by atoms with Crippen molar-refractivity contribution in [2.24, 2.45) is 4.99 Å². The van der Waals surface area contributed by atoms with Crippen LogP contribution in [0, 0.1) is 0 Å². The number of hydrogen-bond donors (Lipinski definition) is 1. The molecular formula is C12H22N2S. The zero-order chi connectivity index (χ0) is 10.7. The summed E-state index contributed by atoms with van der Waals surface area (Å²) in [6.45, 7) is 4.58. The van der Waals surface area contributed by atoms with Gasteiger partial charge in [-0.2, -0.15) is 0 Å². The van der Waals surface area contributed by atoms with Gasteiger partial charge in [0.1, 0.15) is 0 Å². The van der Waals surface area contributed by atoms with Crippen LogP contribution in [0.15, 0.2) is 4.99 Å². The highest BCUT2D eigenvalue weighted by Crippen LogP contribution is 2.29. The van der Waals surface area contributed by atoms with Crippen molar-refractivity contribution >= 4 is 16.9 Å². The van der Waals surface area contributed by atoms with Crippen LogP contribution in [-0.4, -0.2) is 22.5 Å². The van der Waals surface area contributed by atoms with Crippen molar-refractivity contribution in [1.29, 1.82) is 0 Å². The molecule has 2 nitrogen and oxygen atoms in total. The summed E-state index contributed by atoms with van der Waals surface area (Å²) in [5.74, 6) is 1.18. The van der Waals surface area contributed by atoms with E-state index in [-0.39, 0.29) is 0 Å². The Morgan fingerprint density at radius 1 is 1.40 bits per heavy atom. The molecule has 0 aromatic carbocycles. The molecule has 86 valence electrons. The Kier molecular flexibility index (Phi) is 3.60. The number of hydrogen-bond acceptors (Lipinski definition) is 3. The summed E-state index contributed by atoms with van der Waals surface area (Å²) in [5.41, 5.74) is 0.326. The van der Waals surface area contributed by atoms with Crippen LogP contribution < -0.4 is 5.32 Å². The Labute approximate surface area is 97.3 Å². The van der Waals surface area contributed by atoms with Crippen molar-refractivity contribution in [3.05, 3.63) is 0 Å². The largest absolute Gasteiger partial charge is 0.360 e. The van der Waals surface area contributed by atoms with Gasteiger partial charge in [0.25, 0.3) is 0 Å². The maximum absolute atomic E-state index is 4.71. The smallest absolute Gasteiger partial charge is 0.157 e. The molecule has 0 saturated heterocycles. The minimum absolute atomic E-state index is 0.326. The average Bonchev–Trinajstić information content (AvgIpc) is 2.66. The summed E-state index contributed by atoms with van der Waals surface area (Å²) in [5, 5.41) is 4.87. The van der Waals surface area contributed by atoms with Crippen LogP contribution in [0.4, 0.5) is 0 Å². The lowest BCUT2D eigenvalue weighted by Crippen LogP contribution is -2.45. The number of rotatable bonds is 2. The zero-order valence-corrected chi connectivity index (χ0v) is 10.7. The fourth-order valence-electron chi connectivity index (χ4n) is 2.41. The SMILES string of the molecule is CCC1CSC(NC2(C)CCCCC2)=N1. The van der Waals surface area contributed by atoms with Crippen molar-refractivity contribution in [1.82, 2.24) is 5.32 Å². The third-order valence-electron chi connectivity index (χ3n) is 3.55. The van der Waals surface area contributed by atoms with Gasteiger partial charge in [-0.25, -0.2) is 0 Å². The molecule has 0 bridgehead atoms. The number of nitrogens with zero attached hydrogens (tertiary/aromatic N) is 1. The van der Waals surface area contributed by atoms with Gasteiger partial charge in [-0.3, -0.25) is 4.99 Å². The molecular weight excluding hydrogens is 204 g/mol. The van der Waals surface area contributed by atoms with E-state index in [2.05, 4.69) is 19.2 Å². The molecule has 0 amide bonds. The highest BCUT2D eigenvalue weighted by Gasteiger charge is 2.29. The Bertz CT molecular complexity index is 244. The molecule has 0 spiro atoms. The highest BCUT2D eigenvalue weighted by atomic mass is 32.2. The molecule has 0 aromatic heterocycles. The topological polar surface area (TPSA) is 24.4 Å². The molecule has 1 N–H and O–H groups in total. The number of nitrogens with one attached hydrogen (secondary N) is 1. The second-order valence-electron chi connectivity index (χ2n) is 5.05. The third kappa shape index (κ3) is 2.90. The summed E-state index contributed by atoms with van der Waals surface area (Å²) in [6, 6.07) is 0.560. The number of aliphatic imine (C=N–C) groups is 1. The van der Waals surface area contributed by atoms with E-state index in [9.17, 15) is 0 Å². The van der Waals surface area contributed by atoms with E-state index < -0.39 is 0 Å². The fraction of sp³-hybridized carbons (Fsp3) is 0.917. The Morgan fingerprint density at radius 3 is 2.73 bits per heavy atom. The first-order valence-electron chi connectivity index (χ1n) is 6.21. The zero-order valence-electron chi connectivity index (χ0n) is 9.88. The van der Waals surface area contributed by atoms with Crippen molar-refractivity contribution in [3.63, 3.8) is 0 Å². The molecule has 1 atom stereocenters. The van der Waals surface area contributed by atoms with E-state index in [1.807, 2.05) is 11.8 Å². The van der Waals surface area contributed by atoms with E-state index in [1.54, 1.807) is 0 Å². The molecule has 1 aliphatic heterocycles. The van der Waals surface area contributed by atoms with Crippen molar-refractivity contribution in [3.8, 4) is 0 Å². The average molecular weight is 226 g/mol. The molecule has 3 heteroatoms. The van der Waals surface area contributed by atoms with E-state index >= 15 is 0 Å². The molecule has 15 heavy (non-hydrogen) atoms. The first-order valence-corrected chi connectivity index (χ1v) is 7.19. The molecule has 1 aliphatic carbocycles. The van der Waals surface area contributed by atoms with Gasteiger partial charge in [0, 0.05) is 11.3 Å².